The molecule has 1 aromatic heterocycles. The summed E-state index contributed by atoms with van der Waals surface area (Å²) in [5.74, 6) is 0.621. The molecule has 2 rings (SSSR count). The normalized spacial score (nSPS) is 10.7. The van der Waals surface area contributed by atoms with Crippen LogP contribution in [0.25, 0.3) is 0 Å². The van der Waals surface area contributed by atoms with Crippen molar-refractivity contribution in [2.75, 3.05) is 12.4 Å². The molecule has 1 heterocycles. The number of carbonyl (C=O) groups excluding carboxylic acids is 1. The predicted molar refractivity (Wildman–Crippen MR) is 92.2 cm³/mol. The van der Waals surface area contributed by atoms with Crippen molar-refractivity contribution < 1.29 is 19.0 Å². The van der Waals surface area contributed by atoms with Crippen LogP contribution in [0.3, 0.4) is 0 Å². The molecular formula is C17H20N4O4. The van der Waals surface area contributed by atoms with Crippen LogP contribution in [0.4, 0.5) is 10.5 Å². The lowest BCUT2D eigenvalue weighted by molar-refractivity contribution is 0.0636. The summed E-state index contributed by atoms with van der Waals surface area (Å²) in [6.07, 6.45) is 0.726. The zero-order valence-corrected chi connectivity index (χ0v) is 14.5. The highest BCUT2D eigenvalue weighted by Gasteiger charge is 2.16. The standard InChI is InChI=1S/C17H20N4O4/c1-17(2,3)25-16(22)21-11-6-5-7-12(8-11)24-14-9-13(15(18)23-4)19-10-20-14/h5-10,18H,1-4H3,(H,21,22). The summed E-state index contributed by atoms with van der Waals surface area (Å²) in [7, 11) is 1.39. The third-order valence-corrected chi connectivity index (χ3v) is 2.78. The van der Waals surface area contributed by atoms with E-state index in [0.717, 1.165) is 0 Å². The fraction of sp³-hybridized carbons (Fsp3) is 0.294. The second-order valence-corrected chi connectivity index (χ2v) is 6.03. The molecule has 0 radical (unpaired) electrons. The summed E-state index contributed by atoms with van der Waals surface area (Å²) in [6.45, 7) is 5.36. The number of amides is 1. The topological polar surface area (TPSA) is 106 Å². The Kier molecular flexibility index (Phi) is 5.53. The van der Waals surface area contributed by atoms with E-state index in [1.165, 1.54) is 19.5 Å². The Bertz CT molecular complexity index is 771. The Morgan fingerprint density at radius 3 is 2.64 bits per heavy atom. The molecule has 0 fully saturated rings. The molecule has 8 nitrogen and oxygen atoms in total. The molecule has 25 heavy (non-hydrogen) atoms. The molecule has 0 aliphatic rings. The van der Waals surface area contributed by atoms with Gasteiger partial charge in [-0.1, -0.05) is 6.07 Å². The summed E-state index contributed by atoms with van der Waals surface area (Å²) in [5.41, 5.74) is 0.239. The molecule has 1 amide bonds. The average Bonchev–Trinajstić information content (AvgIpc) is 2.52. The third-order valence-electron chi connectivity index (χ3n) is 2.78. The van der Waals surface area contributed by atoms with E-state index >= 15 is 0 Å². The highest BCUT2D eigenvalue weighted by molar-refractivity contribution is 5.89. The second kappa shape index (κ2) is 7.61. The smallest absolute Gasteiger partial charge is 0.412 e. The number of anilines is 1. The van der Waals surface area contributed by atoms with E-state index in [0.29, 0.717) is 17.1 Å². The van der Waals surface area contributed by atoms with Crippen LogP contribution in [-0.4, -0.2) is 34.7 Å². The molecule has 0 aliphatic heterocycles. The van der Waals surface area contributed by atoms with E-state index in [4.69, 9.17) is 19.6 Å². The fourth-order valence-electron chi connectivity index (χ4n) is 1.80. The lowest BCUT2D eigenvalue weighted by Gasteiger charge is -2.19. The lowest BCUT2D eigenvalue weighted by atomic mass is 10.2. The fourth-order valence-corrected chi connectivity index (χ4v) is 1.80. The number of nitrogens with zero attached hydrogens (tertiary/aromatic N) is 2. The molecule has 0 spiro atoms. The van der Waals surface area contributed by atoms with Crippen molar-refractivity contribution in [1.82, 2.24) is 9.97 Å². The Morgan fingerprint density at radius 1 is 1.20 bits per heavy atom. The number of aromatic nitrogens is 2. The van der Waals surface area contributed by atoms with Crippen LogP contribution < -0.4 is 10.1 Å². The van der Waals surface area contributed by atoms with Crippen LogP contribution in [0.15, 0.2) is 36.7 Å². The van der Waals surface area contributed by atoms with E-state index in [9.17, 15) is 4.79 Å². The molecular weight excluding hydrogens is 324 g/mol. The van der Waals surface area contributed by atoms with Crippen molar-refractivity contribution >= 4 is 17.7 Å². The van der Waals surface area contributed by atoms with E-state index < -0.39 is 11.7 Å². The Labute approximate surface area is 145 Å². The minimum Gasteiger partial charge on any atom is -0.480 e. The molecule has 0 saturated carbocycles. The number of methoxy groups -OCH3 is 1. The van der Waals surface area contributed by atoms with Gasteiger partial charge < -0.3 is 14.2 Å². The van der Waals surface area contributed by atoms with Gasteiger partial charge >= 0.3 is 6.09 Å². The Balaban J connectivity index is 2.09. The molecule has 132 valence electrons. The van der Waals surface area contributed by atoms with Gasteiger partial charge in [-0.05, 0) is 32.9 Å². The SMILES string of the molecule is COC(=N)c1cc(Oc2cccc(NC(=O)OC(C)(C)C)c2)ncn1. The van der Waals surface area contributed by atoms with E-state index in [1.54, 1.807) is 45.0 Å². The maximum atomic E-state index is 11.8. The van der Waals surface area contributed by atoms with Gasteiger partial charge in [0.2, 0.25) is 11.8 Å². The van der Waals surface area contributed by atoms with Gasteiger partial charge in [-0.15, -0.1) is 0 Å². The second-order valence-electron chi connectivity index (χ2n) is 6.03. The van der Waals surface area contributed by atoms with Gasteiger partial charge in [0.25, 0.3) is 0 Å². The van der Waals surface area contributed by atoms with Crippen molar-refractivity contribution in [2.24, 2.45) is 0 Å². The number of rotatable bonds is 4. The molecule has 8 heteroatoms. The number of carbonyl (C=O) groups is 1. The number of nitrogens with one attached hydrogen (secondary N) is 2. The van der Waals surface area contributed by atoms with Gasteiger partial charge in [0, 0.05) is 17.8 Å². The van der Waals surface area contributed by atoms with Crippen molar-refractivity contribution in [1.29, 1.82) is 5.41 Å². The minimum absolute atomic E-state index is 0.0902. The number of ether oxygens (including phenoxy) is 3. The van der Waals surface area contributed by atoms with E-state index in [2.05, 4.69) is 15.3 Å². The molecule has 1 aromatic carbocycles. The molecule has 2 N–H and O–H groups in total. The summed E-state index contributed by atoms with van der Waals surface area (Å²) < 4.78 is 15.7. The van der Waals surface area contributed by atoms with Crippen LogP contribution in [0, 0.1) is 5.41 Å². The largest absolute Gasteiger partial charge is 0.480 e. The molecule has 0 aliphatic carbocycles. The minimum atomic E-state index is -0.582. The summed E-state index contributed by atoms with van der Waals surface area (Å²) >= 11 is 0. The van der Waals surface area contributed by atoms with Crippen LogP contribution in [0.2, 0.25) is 0 Å². The maximum absolute atomic E-state index is 11.8. The highest BCUT2D eigenvalue weighted by atomic mass is 16.6. The van der Waals surface area contributed by atoms with Gasteiger partial charge in [0.05, 0.1) is 7.11 Å². The van der Waals surface area contributed by atoms with Gasteiger partial charge in [-0.25, -0.2) is 14.8 Å². The molecule has 0 bridgehead atoms. The zero-order valence-electron chi connectivity index (χ0n) is 14.5. The van der Waals surface area contributed by atoms with E-state index in [-0.39, 0.29) is 11.8 Å². The quantitative estimate of drug-likeness (QED) is 0.648. The monoisotopic (exact) mass is 344 g/mol. The number of hydrogen-bond donors (Lipinski definition) is 2. The maximum Gasteiger partial charge on any atom is 0.412 e. The van der Waals surface area contributed by atoms with Crippen LogP contribution in [0.5, 0.6) is 11.6 Å². The third kappa shape index (κ3) is 5.76. The molecule has 0 saturated heterocycles. The number of benzene rings is 1. The average molecular weight is 344 g/mol. The van der Waals surface area contributed by atoms with Crippen molar-refractivity contribution in [3.8, 4) is 11.6 Å². The first-order chi connectivity index (χ1) is 11.8. The van der Waals surface area contributed by atoms with Gasteiger partial charge in [-0.2, -0.15) is 0 Å². The Hall–Kier alpha value is -3.16. The molecule has 0 atom stereocenters. The van der Waals surface area contributed by atoms with Gasteiger partial charge in [-0.3, -0.25) is 10.7 Å². The predicted octanol–water partition coefficient (Wildman–Crippen LogP) is 3.59. The summed E-state index contributed by atoms with van der Waals surface area (Å²) in [6, 6.07) is 8.26. The van der Waals surface area contributed by atoms with Crippen molar-refractivity contribution in [2.45, 2.75) is 26.4 Å². The first kappa shape index (κ1) is 18.2. The van der Waals surface area contributed by atoms with Crippen LogP contribution >= 0.6 is 0 Å². The number of hydrogen-bond acceptors (Lipinski definition) is 7. The summed E-state index contributed by atoms with van der Waals surface area (Å²) in [5, 5.41) is 10.2. The van der Waals surface area contributed by atoms with Crippen LogP contribution in [-0.2, 0) is 9.47 Å². The van der Waals surface area contributed by atoms with Crippen LogP contribution in [0.1, 0.15) is 26.5 Å². The van der Waals surface area contributed by atoms with Gasteiger partial charge in [0.15, 0.2) is 0 Å². The summed E-state index contributed by atoms with van der Waals surface area (Å²) in [4.78, 5) is 19.7. The highest BCUT2D eigenvalue weighted by Crippen LogP contribution is 2.23. The zero-order chi connectivity index (χ0) is 18.4. The van der Waals surface area contributed by atoms with Crippen molar-refractivity contribution in [3.05, 3.63) is 42.4 Å². The van der Waals surface area contributed by atoms with Gasteiger partial charge in [0.1, 0.15) is 23.4 Å². The van der Waals surface area contributed by atoms with Crippen molar-refractivity contribution in [3.63, 3.8) is 0 Å². The lowest BCUT2D eigenvalue weighted by Crippen LogP contribution is -2.27. The van der Waals surface area contributed by atoms with E-state index in [1.807, 2.05) is 0 Å². The molecule has 0 unspecified atom stereocenters. The Morgan fingerprint density at radius 2 is 1.96 bits per heavy atom. The molecule has 2 aromatic rings. The first-order valence-corrected chi connectivity index (χ1v) is 7.50. The first-order valence-electron chi connectivity index (χ1n) is 7.50.